The van der Waals surface area contributed by atoms with Gasteiger partial charge in [0.1, 0.15) is 0 Å². The Morgan fingerprint density at radius 2 is 1.74 bits per heavy atom. The molecule has 0 spiro atoms. The van der Waals surface area contributed by atoms with Crippen molar-refractivity contribution in [2.24, 2.45) is 5.92 Å². The van der Waals surface area contributed by atoms with Gasteiger partial charge in [0.15, 0.2) is 0 Å². The Hall–Kier alpha value is -0.0800. The molecule has 1 aliphatic rings. The fraction of sp³-hybridized carbons (Fsp3) is 1.00. The Balaban J connectivity index is 2.34. The fourth-order valence-corrected chi connectivity index (χ4v) is 3.01. The normalized spacial score (nSPS) is 26.7. The Kier molecular flexibility index (Phi) is 6.82. The van der Waals surface area contributed by atoms with E-state index in [0.717, 1.165) is 18.5 Å². The molecule has 114 valence electrons. The highest BCUT2D eigenvalue weighted by Crippen LogP contribution is 2.29. The van der Waals surface area contributed by atoms with Gasteiger partial charge in [0.05, 0.1) is 0 Å². The van der Waals surface area contributed by atoms with Crippen molar-refractivity contribution >= 4 is 0 Å². The predicted octanol–water partition coefficient (Wildman–Crippen LogP) is 4.05. The summed E-state index contributed by atoms with van der Waals surface area (Å²) in [6, 6.07) is 1.44. The molecule has 0 aliphatic heterocycles. The smallest absolute Gasteiger partial charge is 0.0192 e. The first kappa shape index (κ1) is 17.0. The van der Waals surface area contributed by atoms with E-state index in [1.165, 1.54) is 38.5 Å². The van der Waals surface area contributed by atoms with Crippen LogP contribution in [-0.4, -0.2) is 36.1 Å². The summed E-state index contributed by atoms with van der Waals surface area (Å²) in [5, 5.41) is 3.71. The largest absolute Gasteiger partial charge is 0.310 e. The Morgan fingerprint density at radius 1 is 1.16 bits per heavy atom. The zero-order valence-electron chi connectivity index (χ0n) is 14.1. The van der Waals surface area contributed by atoms with Crippen molar-refractivity contribution < 1.29 is 0 Å². The van der Waals surface area contributed by atoms with Crippen LogP contribution >= 0.6 is 0 Å². The summed E-state index contributed by atoms with van der Waals surface area (Å²) in [6.45, 7) is 12.7. The molecule has 0 heterocycles. The SMILES string of the molecule is CCC1CCC(N(C)C(C)CNC(C)(C)CC)CC1. The average molecular weight is 268 g/mol. The maximum atomic E-state index is 3.71. The van der Waals surface area contributed by atoms with E-state index in [1.807, 2.05) is 0 Å². The van der Waals surface area contributed by atoms with Gasteiger partial charge in [-0.2, -0.15) is 0 Å². The molecular formula is C17H36N2. The number of nitrogens with one attached hydrogen (secondary N) is 1. The molecule has 1 aliphatic carbocycles. The third-order valence-corrected chi connectivity index (χ3v) is 5.42. The fourth-order valence-electron chi connectivity index (χ4n) is 3.01. The lowest BCUT2D eigenvalue weighted by molar-refractivity contribution is 0.120. The van der Waals surface area contributed by atoms with Crippen LogP contribution in [0.2, 0.25) is 0 Å². The van der Waals surface area contributed by atoms with Crippen molar-refractivity contribution in [3.63, 3.8) is 0 Å². The third kappa shape index (κ3) is 5.43. The highest BCUT2D eigenvalue weighted by molar-refractivity contribution is 4.83. The molecule has 1 unspecified atom stereocenters. The third-order valence-electron chi connectivity index (χ3n) is 5.42. The number of likely N-dealkylation sites (N-methyl/N-ethyl adjacent to an activating group) is 1. The Morgan fingerprint density at radius 3 is 2.21 bits per heavy atom. The molecule has 0 aromatic heterocycles. The molecule has 1 saturated carbocycles. The number of nitrogens with zero attached hydrogens (tertiary/aromatic N) is 1. The minimum Gasteiger partial charge on any atom is -0.310 e. The van der Waals surface area contributed by atoms with Gasteiger partial charge in [-0.3, -0.25) is 4.90 Å². The molecule has 0 amide bonds. The number of rotatable bonds is 7. The van der Waals surface area contributed by atoms with Crippen LogP contribution in [0, 0.1) is 5.92 Å². The van der Waals surface area contributed by atoms with Gasteiger partial charge in [-0.15, -0.1) is 0 Å². The molecule has 2 heteroatoms. The predicted molar refractivity (Wildman–Crippen MR) is 85.6 cm³/mol. The monoisotopic (exact) mass is 268 g/mol. The van der Waals surface area contributed by atoms with Gasteiger partial charge in [-0.1, -0.05) is 20.3 Å². The first-order valence-corrected chi connectivity index (χ1v) is 8.36. The van der Waals surface area contributed by atoms with E-state index in [0.29, 0.717) is 6.04 Å². The first-order chi connectivity index (χ1) is 8.89. The zero-order valence-corrected chi connectivity index (χ0v) is 14.1. The van der Waals surface area contributed by atoms with Crippen LogP contribution in [0.25, 0.3) is 0 Å². The quantitative estimate of drug-likeness (QED) is 0.749. The molecular weight excluding hydrogens is 232 g/mol. The summed E-state index contributed by atoms with van der Waals surface area (Å²) < 4.78 is 0. The van der Waals surface area contributed by atoms with Crippen molar-refractivity contribution in [2.45, 2.75) is 90.8 Å². The Bertz CT molecular complexity index is 242. The van der Waals surface area contributed by atoms with Gasteiger partial charge in [0.25, 0.3) is 0 Å². The van der Waals surface area contributed by atoms with E-state index >= 15 is 0 Å². The summed E-state index contributed by atoms with van der Waals surface area (Å²) in [4.78, 5) is 2.62. The summed E-state index contributed by atoms with van der Waals surface area (Å²) in [5.74, 6) is 0.997. The van der Waals surface area contributed by atoms with E-state index in [2.05, 4.69) is 51.9 Å². The van der Waals surface area contributed by atoms with Crippen LogP contribution in [0.1, 0.15) is 73.1 Å². The molecule has 1 N–H and O–H groups in total. The highest BCUT2D eigenvalue weighted by Gasteiger charge is 2.26. The molecule has 1 fully saturated rings. The summed E-state index contributed by atoms with van der Waals surface area (Å²) in [7, 11) is 2.32. The van der Waals surface area contributed by atoms with Gasteiger partial charge in [0.2, 0.25) is 0 Å². The topological polar surface area (TPSA) is 15.3 Å². The summed E-state index contributed by atoms with van der Waals surface area (Å²) in [6.07, 6.45) is 8.23. The molecule has 2 nitrogen and oxygen atoms in total. The molecule has 0 radical (unpaired) electrons. The van der Waals surface area contributed by atoms with Gasteiger partial charge in [-0.05, 0) is 65.8 Å². The van der Waals surface area contributed by atoms with E-state index in [4.69, 9.17) is 0 Å². The van der Waals surface area contributed by atoms with E-state index < -0.39 is 0 Å². The number of hydrogen-bond donors (Lipinski definition) is 1. The van der Waals surface area contributed by atoms with Crippen LogP contribution < -0.4 is 5.32 Å². The molecule has 0 aromatic rings. The lowest BCUT2D eigenvalue weighted by Crippen LogP contribution is -2.49. The minimum absolute atomic E-state index is 0.273. The molecule has 0 aromatic carbocycles. The maximum absolute atomic E-state index is 3.71. The second kappa shape index (κ2) is 7.64. The van der Waals surface area contributed by atoms with Crippen molar-refractivity contribution in [3.05, 3.63) is 0 Å². The second-order valence-corrected chi connectivity index (χ2v) is 7.22. The van der Waals surface area contributed by atoms with Crippen molar-refractivity contribution in [2.75, 3.05) is 13.6 Å². The summed E-state index contributed by atoms with van der Waals surface area (Å²) >= 11 is 0. The lowest BCUT2D eigenvalue weighted by Gasteiger charge is -2.39. The molecule has 1 rings (SSSR count). The Labute approximate surface area is 121 Å². The van der Waals surface area contributed by atoms with Crippen LogP contribution in [0.15, 0.2) is 0 Å². The van der Waals surface area contributed by atoms with E-state index in [9.17, 15) is 0 Å². The standard InChI is InChI=1S/C17H36N2/c1-7-15-9-11-16(12-10-15)19(6)14(3)13-18-17(4,5)8-2/h14-16,18H,7-13H2,1-6H3. The lowest BCUT2D eigenvalue weighted by atomic mass is 9.83. The van der Waals surface area contributed by atoms with Crippen molar-refractivity contribution in [3.8, 4) is 0 Å². The molecule has 0 bridgehead atoms. The summed E-state index contributed by atoms with van der Waals surface area (Å²) in [5.41, 5.74) is 0.273. The van der Waals surface area contributed by atoms with Crippen LogP contribution in [-0.2, 0) is 0 Å². The van der Waals surface area contributed by atoms with Gasteiger partial charge in [-0.25, -0.2) is 0 Å². The van der Waals surface area contributed by atoms with Crippen molar-refractivity contribution in [1.29, 1.82) is 0 Å². The molecule has 1 atom stereocenters. The second-order valence-electron chi connectivity index (χ2n) is 7.22. The van der Waals surface area contributed by atoms with Crippen LogP contribution in [0.4, 0.5) is 0 Å². The van der Waals surface area contributed by atoms with Gasteiger partial charge >= 0.3 is 0 Å². The highest BCUT2D eigenvalue weighted by atomic mass is 15.2. The minimum atomic E-state index is 0.273. The van der Waals surface area contributed by atoms with E-state index in [-0.39, 0.29) is 5.54 Å². The average Bonchev–Trinajstić information content (AvgIpc) is 2.44. The molecule has 19 heavy (non-hydrogen) atoms. The van der Waals surface area contributed by atoms with Gasteiger partial charge in [0, 0.05) is 24.2 Å². The van der Waals surface area contributed by atoms with Crippen molar-refractivity contribution in [1.82, 2.24) is 10.2 Å². The maximum Gasteiger partial charge on any atom is 0.0192 e. The zero-order chi connectivity index (χ0) is 14.5. The van der Waals surface area contributed by atoms with Gasteiger partial charge < -0.3 is 5.32 Å². The first-order valence-electron chi connectivity index (χ1n) is 8.36. The van der Waals surface area contributed by atoms with Crippen LogP contribution in [0.3, 0.4) is 0 Å². The molecule has 0 saturated heterocycles. The van der Waals surface area contributed by atoms with Crippen LogP contribution in [0.5, 0.6) is 0 Å². The number of hydrogen-bond acceptors (Lipinski definition) is 2. The van der Waals surface area contributed by atoms with E-state index in [1.54, 1.807) is 0 Å².